The lowest BCUT2D eigenvalue weighted by Gasteiger charge is -2.18. The molecular weight excluding hydrogens is 544 g/mol. The third-order valence-electron chi connectivity index (χ3n) is 4.40. The van der Waals surface area contributed by atoms with Gasteiger partial charge in [-0.1, -0.05) is 0 Å². The lowest BCUT2D eigenvalue weighted by atomic mass is 10.1. The van der Waals surface area contributed by atoms with Gasteiger partial charge in [-0.15, -0.1) is 0 Å². The van der Waals surface area contributed by atoms with Gasteiger partial charge in [-0.2, -0.15) is 8.42 Å². The summed E-state index contributed by atoms with van der Waals surface area (Å²) in [5.74, 6) is -0.672. The largest absolute Gasteiger partial charge is 0.492 e. The van der Waals surface area contributed by atoms with Gasteiger partial charge in [0.15, 0.2) is 0 Å². The van der Waals surface area contributed by atoms with Crippen LogP contribution < -0.4 is 19.9 Å². The Kier molecular flexibility index (Phi) is 14.1. The number of rotatable bonds is 16. The van der Waals surface area contributed by atoms with Crippen molar-refractivity contribution in [3.8, 4) is 23.6 Å². The monoisotopic (exact) mass is 570 g/mol. The summed E-state index contributed by atoms with van der Waals surface area (Å²) in [6, 6.07) is 6.07. The van der Waals surface area contributed by atoms with E-state index < -0.39 is 26.7 Å². The van der Waals surface area contributed by atoms with Crippen LogP contribution in [0.3, 0.4) is 0 Å². The van der Waals surface area contributed by atoms with Crippen LogP contribution in [0.1, 0.15) is 12.8 Å². The quantitative estimate of drug-likeness (QED) is 0.127. The van der Waals surface area contributed by atoms with Gasteiger partial charge in [0.25, 0.3) is 21.5 Å². The van der Waals surface area contributed by atoms with E-state index in [9.17, 15) is 18.9 Å². The number of nitrogens with zero attached hydrogens (tertiary/aromatic N) is 4. The fourth-order valence-corrected chi connectivity index (χ4v) is 3.77. The molecule has 0 saturated carbocycles. The number of hydrogen-bond donors (Lipinski definition) is 4. The van der Waals surface area contributed by atoms with Gasteiger partial charge in [0.1, 0.15) is 24.7 Å². The van der Waals surface area contributed by atoms with Crippen LogP contribution in [0.15, 0.2) is 12.1 Å². The summed E-state index contributed by atoms with van der Waals surface area (Å²) >= 11 is 0. The van der Waals surface area contributed by atoms with E-state index in [0.717, 1.165) is 0 Å². The fourth-order valence-electron chi connectivity index (χ4n) is 2.78. The van der Waals surface area contributed by atoms with Crippen molar-refractivity contribution in [1.29, 1.82) is 10.5 Å². The van der Waals surface area contributed by atoms with Crippen LogP contribution in [0.5, 0.6) is 11.5 Å². The highest BCUT2D eigenvalue weighted by Gasteiger charge is 2.13. The summed E-state index contributed by atoms with van der Waals surface area (Å²) < 4.78 is 78.8. The Morgan fingerprint density at radius 1 is 0.763 bits per heavy atom. The van der Waals surface area contributed by atoms with Crippen LogP contribution in [0.4, 0.5) is 0 Å². The average molecular weight is 571 g/mol. The van der Waals surface area contributed by atoms with Gasteiger partial charge in [-0.3, -0.25) is 4.55 Å². The van der Waals surface area contributed by atoms with E-state index >= 15 is 0 Å². The van der Waals surface area contributed by atoms with E-state index in [1.165, 1.54) is 12.1 Å². The van der Waals surface area contributed by atoms with Crippen molar-refractivity contribution in [2.75, 3.05) is 51.1 Å². The first-order valence-corrected chi connectivity index (χ1v) is 14.1. The number of nitriles is 2. The smallest absolute Gasteiger partial charge is 0.272 e. The van der Waals surface area contributed by atoms with Gasteiger partial charge in [0, 0.05) is 29.4 Å². The lowest BCUT2D eigenvalue weighted by Crippen LogP contribution is -2.22. The molecule has 38 heavy (non-hydrogen) atoms. The topological polar surface area (TPSA) is 208 Å². The minimum Gasteiger partial charge on any atom is -0.492 e. The SMILES string of the molecule is [C-]#[N+]C(C#N)=c1cc(OCCOCCCS(=O)(=O)O)c(=C(C#N)[N+]#[C-])cc1OCCOCCCS(O)(O)O. The molecule has 0 spiro atoms. The molecule has 0 aliphatic heterocycles. The molecule has 0 aliphatic carbocycles. The second-order valence-corrected chi connectivity index (χ2v) is 10.5. The maximum atomic E-state index is 10.7. The van der Waals surface area contributed by atoms with Gasteiger partial charge in [-0.05, 0) is 25.0 Å². The Balaban J connectivity index is 3.07. The second kappa shape index (κ2) is 16.4. The number of benzene rings is 1. The summed E-state index contributed by atoms with van der Waals surface area (Å²) in [6.07, 6.45) is 0.242. The highest BCUT2D eigenvalue weighted by molar-refractivity contribution is 8.19. The van der Waals surface area contributed by atoms with Gasteiger partial charge in [0.05, 0.1) is 55.1 Å². The molecule has 0 fully saturated rings. The van der Waals surface area contributed by atoms with Crippen LogP contribution in [0.25, 0.3) is 21.1 Å². The van der Waals surface area contributed by atoms with Crippen molar-refractivity contribution in [2.45, 2.75) is 12.8 Å². The highest BCUT2D eigenvalue weighted by Crippen LogP contribution is 2.32. The van der Waals surface area contributed by atoms with Gasteiger partial charge >= 0.3 is 0 Å². The van der Waals surface area contributed by atoms with E-state index in [0.29, 0.717) is 0 Å². The van der Waals surface area contributed by atoms with Crippen LogP contribution in [0.2, 0.25) is 0 Å². The number of ether oxygens (including phenoxy) is 4. The van der Waals surface area contributed by atoms with Crippen LogP contribution in [0, 0.1) is 35.8 Å². The van der Waals surface area contributed by atoms with Crippen molar-refractivity contribution in [3.63, 3.8) is 0 Å². The normalized spacial score (nSPS) is 13.3. The Morgan fingerprint density at radius 2 is 1.18 bits per heavy atom. The van der Waals surface area contributed by atoms with Crippen LogP contribution in [-0.4, -0.2) is 77.8 Å². The summed E-state index contributed by atoms with van der Waals surface area (Å²) in [4.78, 5) is 6.36. The average Bonchev–Trinajstić information content (AvgIpc) is 2.84. The molecular formula is C22H26N4O10S2. The lowest BCUT2D eigenvalue weighted by molar-refractivity contribution is 0.0987. The zero-order valence-corrected chi connectivity index (χ0v) is 21.7. The highest BCUT2D eigenvalue weighted by atomic mass is 32.3. The molecule has 0 heterocycles. The molecule has 0 bridgehead atoms. The second-order valence-electron chi connectivity index (χ2n) is 7.24. The third-order valence-corrected chi connectivity index (χ3v) is 6.04. The van der Waals surface area contributed by atoms with E-state index in [1.54, 1.807) is 12.1 Å². The summed E-state index contributed by atoms with van der Waals surface area (Å²) in [6.45, 7) is 14.6. The Bertz CT molecular complexity index is 1320. The number of hydrogen-bond acceptors (Lipinski definition) is 11. The van der Waals surface area contributed by atoms with Gasteiger partial charge < -0.3 is 32.6 Å². The molecule has 0 atom stereocenters. The van der Waals surface area contributed by atoms with Gasteiger partial charge in [-0.25, -0.2) is 20.2 Å². The molecule has 14 nitrogen and oxygen atoms in total. The minimum atomic E-state index is -4.09. The molecule has 1 rings (SSSR count). The molecule has 1 aromatic carbocycles. The fraction of sp³-hybridized carbons (Fsp3) is 0.455. The van der Waals surface area contributed by atoms with Crippen molar-refractivity contribution < 1.29 is 45.6 Å². The molecule has 206 valence electrons. The predicted octanol–water partition coefficient (Wildman–Crippen LogP) is 1.47. The van der Waals surface area contributed by atoms with Crippen LogP contribution in [-0.2, 0) is 19.6 Å². The molecule has 0 unspecified atom stereocenters. The minimum absolute atomic E-state index is 0.00115. The van der Waals surface area contributed by atoms with Crippen molar-refractivity contribution in [2.24, 2.45) is 0 Å². The van der Waals surface area contributed by atoms with Crippen molar-refractivity contribution in [1.82, 2.24) is 0 Å². The third kappa shape index (κ3) is 12.7. The van der Waals surface area contributed by atoms with E-state index in [2.05, 4.69) is 9.69 Å². The zero-order chi connectivity index (χ0) is 28.6. The molecule has 0 aliphatic rings. The first kappa shape index (κ1) is 32.6. The van der Waals surface area contributed by atoms with E-state index in [-0.39, 0.29) is 91.6 Å². The van der Waals surface area contributed by atoms with Gasteiger partial charge in [0.2, 0.25) is 0 Å². The predicted molar refractivity (Wildman–Crippen MR) is 136 cm³/mol. The molecule has 4 N–H and O–H groups in total. The summed E-state index contributed by atoms with van der Waals surface area (Å²) in [5, 5.41) is 18.9. The Morgan fingerprint density at radius 3 is 1.53 bits per heavy atom. The molecule has 16 heteroatoms. The molecule has 1 aromatic rings. The Hall–Kier alpha value is -3.42. The van der Waals surface area contributed by atoms with Crippen molar-refractivity contribution in [3.05, 3.63) is 45.4 Å². The molecule has 0 radical (unpaired) electrons. The first-order valence-electron chi connectivity index (χ1n) is 10.8. The van der Waals surface area contributed by atoms with E-state index in [4.69, 9.17) is 50.3 Å². The molecule has 0 saturated heterocycles. The van der Waals surface area contributed by atoms with E-state index in [1.807, 2.05) is 0 Å². The molecule has 0 aromatic heterocycles. The maximum absolute atomic E-state index is 10.7. The maximum Gasteiger partial charge on any atom is 0.272 e. The summed E-state index contributed by atoms with van der Waals surface area (Å²) in [5.41, 5.74) is -0.681. The van der Waals surface area contributed by atoms with Crippen molar-refractivity contribution >= 4 is 32.4 Å². The van der Waals surface area contributed by atoms with Crippen LogP contribution >= 0.6 is 10.9 Å². The first-order chi connectivity index (χ1) is 18.0. The standard InChI is InChI=1S/C22H26N4O10S2/c1-25-19(15-23)17-13-22(36-10-8-34-6-4-12-38(30,31)32)18(20(16-24)26-2)14-21(17)35-9-7-33-5-3-11-37(27,28)29/h13-14,27-29H,3-12H2,(H,30,31,32). The Labute approximate surface area is 221 Å². The zero-order valence-electron chi connectivity index (χ0n) is 20.1. The molecule has 0 amide bonds. The summed E-state index contributed by atoms with van der Waals surface area (Å²) in [7, 11) is -7.69.